The van der Waals surface area contributed by atoms with Crippen LogP contribution in [0, 0.1) is 11.3 Å². The predicted octanol–water partition coefficient (Wildman–Crippen LogP) is 4.39. The van der Waals surface area contributed by atoms with E-state index in [1.54, 1.807) is 0 Å². The van der Waals surface area contributed by atoms with E-state index in [-0.39, 0.29) is 5.41 Å². The Bertz CT molecular complexity index is 324. The molecular weight excluding hydrogens is 341 g/mol. The van der Waals surface area contributed by atoms with Crippen LogP contribution >= 0.6 is 0 Å². The molecule has 0 amide bonds. The third-order valence-corrected chi connectivity index (χ3v) is 14.5. The summed E-state index contributed by atoms with van der Waals surface area (Å²) in [6.45, 7) is 25.0. The maximum absolute atomic E-state index is 6.72. The summed E-state index contributed by atoms with van der Waals surface area (Å²) in [6.07, 6.45) is 1.09. The van der Waals surface area contributed by atoms with Crippen LogP contribution in [0.1, 0.15) is 41.0 Å². The van der Waals surface area contributed by atoms with Crippen LogP contribution in [-0.2, 0) is 12.3 Å². The quantitative estimate of drug-likeness (QED) is 0.584. The Morgan fingerprint density at radius 1 is 0.864 bits per heavy atom. The van der Waals surface area contributed by atoms with Gasteiger partial charge in [0.1, 0.15) is 10.5 Å². The third kappa shape index (κ3) is 8.56. The van der Waals surface area contributed by atoms with E-state index < -0.39 is 25.4 Å². The average Bonchev–Trinajstić information content (AvgIpc) is 2.19. The molecular formula is C15H40O3Si4. The van der Waals surface area contributed by atoms with Gasteiger partial charge < -0.3 is 12.3 Å². The highest BCUT2D eigenvalue weighted by atomic mass is 28.5. The summed E-state index contributed by atoms with van der Waals surface area (Å²) in [7, 11) is -5.47. The Balaban J connectivity index is 5.84. The first-order valence-electron chi connectivity index (χ1n) is 8.47. The van der Waals surface area contributed by atoms with Gasteiger partial charge in [-0.25, -0.2) is 0 Å². The van der Waals surface area contributed by atoms with Crippen molar-refractivity contribution < 1.29 is 12.3 Å². The van der Waals surface area contributed by atoms with Crippen molar-refractivity contribution in [3.05, 3.63) is 0 Å². The predicted molar refractivity (Wildman–Crippen MR) is 108 cm³/mol. The summed E-state index contributed by atoms with van der Waals surface area (Å²) in [4.78, 5) is 0. The van der Waals surface area contributed by atoms with Crippen LogP contribution in [0.4, 0.5) is 0 Å². The van der Waals surface area contributed by atoms with Crippen LogP contribution in [0.5, 0.6) is 0 Å². The molecule has 0 aromatic heterocycles. The van der Waals surface area contributed by atoms with Crippen molar-refractivity contribution in [2.45, 2.75) is 85.9 Å². The molecule has 0 N–H and O–H groups in total. The minimum Gasteiger partial charge on any atom is -0.425 e. The summed E-state index contributed by atoms with van der Waals surface area (Å²) in [6, 6.07) is 0. The van der Waals surface area contributed by atoms with Gasteiger partial charge in [0, 0.05) is 5.54 Å². The number of rotatable bonds is 8. The van der Waals surface area contributed by atoms with E-state index in [0.29, 0.717) is 21.9 Å². The second-order valence-corrected chi connectivity index (χ2v) is 23.5. The zero-order valence-electron chi connectivity index (χ0n) is 17.1. The van der Waals surface area contributed by atoms with Crippen LogP contribution in [0.15, 0.2) is 0 Å². The Labute approximate surface area is 145 Å². The van der Waals surface area contributed by atoms with E-state index in [4.69, 9.17) is 12.3 Å². The van der Waals surface area contributed by atoms with Crippen LogP contribution in [0.3, 0.4) is 0 Å². The summed E-state index contributed by atoms with van der Waals surface area (Å²) in [5, 5.41) is 0. The molecule has 0 aromatic carbocycles. The lowest BCUT2D eigenvalue weighted by molar-refractivity contribution is 0.204. The van der Waals surface area contributed by atoms with Crippen LogP contribution in [0.25, 0.3) is 0 Å². The molecule has 1 unspecified atom stereocenters. The zero-order chi connectivity index (χ0) is 18.0. The minimum absolute atomic E-state index is 0.249. The maximum atomic E-state index is 6.72. The molecule has 0 aliphatic rings. The fourth-order valence-corrected chi connectivity index (χ4v) is 16.3. The molecule has 0 saturated carbocycles. The fraction of sp³-hybridized carbons (Fsp3) is 1.00. The third-order valence-electron chi connectivity index (χ3n) is 3.27. The van der Waals surface area contributed by atoms with Gasteiger partial charge in [-0.3, -0.25) is 0 Å². The van der Waals surface area contributed by atoms with Gasteiger partial charge in [-0.1, -0.05) is 34.6 Å². The van der Waals surface area contributed by atoms with Crippen molar-refractivity contribution in [3.63, 3.8) is 0 Å². The van der Waals surface area contributed by atoms with E-state index in [2.05, 4.69) is 73.9 Å². The number of hydrogen-bond acceptors (Lipinski definition) is 3. The second kappa shape index (κ2) is 7.75. The Morgan fingerprint density at radius 3 is 1.41 bits per heavy atom. The van der Waals surface area contributed by atoms with Crippen molar-refractivity contribution in [2.24, 2.45) is 11.3 Å². The molecule has 22 heavy (non-hydrogen) atoms. The van der Waals surface area contributed by atoms with Crippen LogP contribution < -0.4 is 0 Å². The molecule has 1 atom stereocenters. The van der Waals surface area contributed by atoms with Crippen molar-refractivity contribution in [3.8, 4) is 0 Å². The zero-order valence-corrected chi connectivity index (χ0v) is 22.1. The lowest BCUT2D eigenvalue weighted by Gasteiger charge is -2.46. The SMILES string of the molecule is CC(C)C(CC(C)(C)C)[Si](O[SiH3])(O[Si](C)(C)C)O[Si](C)(C)C. The topological polar surface area (TPSA) is 27.7 Å². The molecule has 134 valence electrons. The first-order chi connectivity index (χ1) is 9.51. The van der Waals surface area contributed by atoms with Gasteiger partial charge in [0.2, 0.25) is 0 Å². The monoisotopic (exact) mass is 380 g/mol. The molecule has 0 fully saturated rings. The van der Waals surface area contributed by atoms with E-state index in [1.807, 2.05) is 0 Å². The molecule has 0 aliphatic carbocycles. The molecule has 0 spiro atoms. The smallest absolute Gasteiger partial charge is 0.425 e. The highest BCUT2D eigenvalue weighted by molar-refractivity contribution is 6.87. The molecule has 0 heterocycles. The summed E-state index contributed by atoms with van der Waals surface area (Å²) in [5.41, 5.74) is 0.627. The van der Waals surface area contributed by atoms with Gasteiger partial charge >= 0.3 is 8.80 Å². The van der Waals surface area contributed by atoms with Crippen molar-refractivity contribution in [1.29, 1.82) is 0 Å². The van der Waals surface area contributed by atoms with Gasteiger partial charge in [-0.05, 0) is 57.0 Å². The lowest BCUT2D eigenvalue weighted by Crippen LogP contribution is -2.60. The van der Waals surface area contributed by atoms with E-state index >= 15 is 0 Å². The van der Waals surface area contributed by atoms with Gasteiger partial charge in [0.15, 0.2) is 16.6 Å². The molecule has 0 radical (unpaired) electrons. The largest absolute Gasteiger partial charge is 0.472 e. The van der Waals surface area contributed by atoms with Gasteiger partial charge in [-0.15, -0.1) is 0 Å². The molecule has 0 aromatic rings. The fourth-order valence-electron chi connectivity index (χ4n) is 2.69. The van der Waals surface area contributed by atoms with Crippen molar-refractivity contribution >= 4 is 35.9 Å². The summed E-state index contributed by atoms with van der Waals surface area (Å²) < 4.78 is 19.7. The van der Waals surface area contributed by atoms with E-state index in [9.17, 15) is 0 Å². The minimum atomic E-state index is -2.66. The van der Waals surface area contributed by atoms with Crippen LogP contribution in [-0.4, -0.2) is 35.9 Å². The Morgan fingerprint density at radius 2 is 1.23 bits per heavy atom. The first kappa shape index (κ1) is 22.7. The summed E-state index contributed by atoms with van der Waals surface area (Å²) >= 11 is 0. The molecule has 0 aliphatic heterocycles. The second-order valence-electron chi connectivity index (χ2n) is 9.85. The van der Waals surface area contributed by atoms with Gasteiger partial charge in [0.05, 0.1) is 0 Å². The molecule has 0 bridgehead atoms. The Hall–Kier alpha value is 0.748. The maximum Gasteiger partial charge on any atom is 0.472 e. The standard InChI is InChI=1S/C15H40O3Si4/c1-13(2)14(12-15(3,4)5)22(16-19,17-20(6,7)8)18-21(9,10)11/h13-14H,12H2,1-11,19H3. The molecule has 3 nitrogen and oxygen atoms in total. The highest BCUT2D eigenvalue weighted by Gasteiger charge is 2.54. The average molecular weight is 381 g/mol. The van der Waals surface area contributed by atoms with E-state index in [0.717, 1.165) is 6.42 Å². The van der Waals surface area contributed by atoms with Gasteiger partial charge in [-0.2, -0.15) is 0 Å². The summed E-state index contributed by atoms with van der Waals surface area (Å²) in [5.74, 6) is 0.507. The number of hydrogen-bond donors (Lipinski definition) is 0. The molecule has 0 saturated heterocycles. The van der Waals surface area contributed by atoms with E-state index in [1.165, 1.54) is 0 Å². The van der Waals surface area contributed by atoms with Crippen molar-refractivity contribution in [2.75, 3.05) is 0 Å². The molecule has 0 rings (SSSR count). The van der Waals surface area contributed by atoms with Crippen molar-refractivity contribution in [1.82, 2.24) is 0 Å². The highest BCUT2D eigenvalue weighted by Crippen LogP contribution is 2.43. The Kier molecular flexibility index (Phi) is 8.02. The molecule has 7 heteroatoms. The first-order valence-corrected chi connectivity index (χ1v) is 17.9. The lowest BCUT2D eigenvalue weighted by atomic mass is 9.87. The van der Waals surface area contributed by atoms with Crippen LogP contribution in [0.2, 0.25) is 44.8 Å². The normalized spacial score (nSPS) is 16.4. The van der Waals surface area contributed by atoms with Gasteiger partial charge in [0.25, 0.3) is 0 Å².